The first-order valence-corrected chi connectivity index (χ1v) is 8.04. The second-order valence-corrected chi connectivity index (χ2v) is 5.53. The van der Waals surface area contributed by atoms with Gasteiger partial charge in [-0.1, -0.05) is 75.4 Å². The first-order chi connectivity index (χ1) is 9.38. The Morgan fingerprint density at radius 2 is 1.63 bits per heavy atom. The van der Waals surface area contributed by atoms with Gasteiger partial charge in [-0.25, -0.2) is 0 Å². The molecule has 0 bridgehead atoms. The molecule has 0 aliphatic carbocycles. The van der Waals surface area contributed by atoms with Crippen LogP contribution in [-0.4, -0.2) is 0 Å². The molecule has 0 saturated carbocycles. The molecule has 0 nitrogen and oxygen atoms in total. The number of hydrogen-bond donors (Lipinski definition) is 0. The molecule has 0 radical (unpaired) electrons. The largest absolute Gasteiger partial charge is 0.103 e. The van der Waals surface area contributed by atoms with E-state index in [4.69, 9.17) is 0 Å². The average molecular weight is 258 g/mol. The van der Waals surface area contributed by atoms with E-state index in [1.165, 1.54) is 56.9 Å². The van der Waals surface area contributed by atoms with Crippen LogP contribution >= 0.6 is 0 Å². The lowest BCUT2D eigenvalue weighted by Gasteiger charge is -2.17. The standard InChI is InChI=1S/C19H30/c1-3-5-7-10-14-18(15-11-8-6-4-2)19-16-12-9-13-17-19/h3,9,12-13,16-18H,1,4-8,10-11,14-15H2,2H3. The molecule has 1 aromatic carbocycles. The van der Waals surface area contributed by atoms with Crippen molar-refractivity contribution in [3.8, 4) is 0 Å². The Morgan fingerprint density at radius 1 is 0.947 bits per heavy atom. The Morgan fingerprint density at radius 3 is 2.26 bits per heavy atom. The van der Waals surface area contributed by atoms with E-state index in [0.29, 0.717) is 0 Å². The van der Waals surface area contributed by atoms with E-state index in [0.717, 1.165) is 12.3 Å². The Hall–Kier alpha value is -1.04. The Kier molecular flexibility index (Phi) is 9.14. The molecule has 1 atom stereocenters. The van der Waals surface area contributed by atoms with E-state index < -0.39 is 0 Å². The molecule has 0 aromatic heterocycles. The van der Waals surface area contributed by atoms with Crippen molar-refractivity contribution in [2.75, 3.05) is 0 Å². The minimum atomic E-state index is 0.767. The van der Waals surface area contributed by atoms with Crippen LogP contribution in [0.2, 0.25) is 0 Å². The summed E-state index contributed by atoms with van der Waals surface area (Å²) in [5.74, 6) is 0.767. The second kappa shape index (κ2) is 10.8. The van der Waals surface area contributed by atoms with Crippen LogP contribution in [0.25, 0.3) is 0 Å². The van der Waals surface area contributed by atoms with Crippen molar-refractivity contribution in [1.29, 1.82) is 0 Å². The van der Waals surface area contributed by atoms with Crippen molar-refractivity contribution >= 4 is 0 Å². The maximum absolute atomic E-state index is 3.81. The van der Waals surface area contributed by atoms with Crippen molar-refractivity contribution in [3.05, 3.63) is 48.6 Å². The highest BCUT2D eigenvalue weighted by molar-refractivity contribution is 5.19. The Balaban J connectivity index is 2.41. The monoisotopic (exact) mass is 258 g/mol. The van der Waals surface area contributed by atoms with Gasteiger partial charge in [0.25, 0.3) is 0 Å². The SMILES string of the molecule is C=CCCCCC(CCCCCC)c1ccccc1. The van der Waals surface area contributed by atoms with Crippen LogP contribution in [0, 0.1) is 0 Å². The van der Waals surface area contributed by atoms with E-state index >= 15 is 0 Å². The van der Waals surface area contributed by atoms with Crippen molar-refractivity contribution in [2.24, 2.45) is 0 Å². The number of hydrogen-bond acceptors (Lipinski definition) is 0. The lowest BCUT2D eigenvalue weighted by atomic mass is 9.88. The van der Waals surface area contributed by atoms with Crippen LogP contribution < -0.4 is 0 Å². The zero-order valence-corrected chi connectivity index (χ0v) is 12.6. The van der Waals surface area contributed by atoms with Crippen LogP contribution in [0.5, 0.6) is 0 Å². The average Bonchev–Trinajstić information content (AvgIpc) is 2.46. The van der Waals surface area contributed by atoms with Crippen LogP contribution in [0.4, 0.5) is 0 Å². The van der Waals surface area contributed by atoms with E-state index in [1.54, 1.807) is 0 Å². The Bertz CT molecular complexity index is 312. The summed E-state index contributed by atoms with van der Waals surface area (Å²) in [5, 5.41) is 0. The molecule has 0 N–H and O–H groups in total. The predicted octanol–water partition coefficient (Wildman–Crippen LogP) is 6.49. The summed E-state index contributed by atoms with van der Waals surface area (Å²) in [6, 6.07) is 11.1. The maximum atomic E-state index is 3.81. The van der Waals surface area contributed by atoms with Gasteiger partial charge in [-0.15, -0.1) is 6.58 Å². The van der Waals surface area contributed by atoms with Crippen LogP contribution in [0.15, 0.2) is 43.0 Å². The van der Waals surface area contributed by atoms with Crippen molar-refractivity contribution in [3.63, 3.8) is 0 Å². The minimum absolute atomic E-state index is 0.767. The predicted molar refractivity (Wildman–Crippen MR) is 86.6 cm³/mol. The third kappa shape index (κ3) is 7.20. The highest BCUT2D eigenvalue weighted by atomic mass is 14.2. The molecular weight excluding hydrogens is 228 g/mol. The quantitative estimate of drug-likeness (QED) is 0.314. The summed E-state index contributed by atoms with van der Waals surface area (Å²) in [4.78, 5) is 0. The van der Waals surface area contributed by atoms with Crippen LogP contribution in [0.3, 0.4) is 0 Å². The summed E-state index contributed by atoms with van der Waals surface area (Å²) < 4.78 is 0. The fourth-order valence-electron chi connectivity index (χ4n) is 2.70. The molecule has 106 valence electrons. The fraction of sp³-hybridized carbons (Fsp3) is 0.579. The highest BCUT2D eigenvalue weighted by Crippen LogP contribution is 2.28. The third-order valence-electron chi connectivity index (χ3n) is 3.89. The summed E-state index contributed by atoms with van der Waals surface area (Å²) in [7, 11) is 0. The molecule has 0 aliphatic heterocycles. The lowest BCUT2D eigenvalue weighted by Crippen LogP contribution is -1.99. The van der Waals surface area contributed by atoms with E-state index in [1.807, 2.05) is 6.08 Å². The molecule has 19 heavy (non-hydrogen) atoms. The highest BCUT2D eigenvalue weighted by Gasteiger charge is 2.10. The molecule has 0 saturated heterocycles. The zero-order chi connectivity index (χ0) is 13.8. The maximum Gasteiger partial charge on any atom is -0.0162 e. The number of unbranched alkanes of at least 4 members (excludes halogenated alkanes) is 5. The molecule has 1 aromatic rings. The molecule has 0 heteroatoms. The normalized spacial score (nSPS) is 12.3. The molecule has 0 aliphatic rings. The molecule has 0 fully saturated rings. The van der Waals surface area contributed by atoms with Gasteiger partial charge in [-0.3, -0.25) is 0 Å². The van der Waals surface area contributed by atoms with Crippen molar-refractivity contribution < 1.29 is 0 Å². The van der Waals surface area contributed by atoms with Crippen molar-refractivity contribution in [2.45, 2.75) is 70.6 Å². The summed E-state index contributed by atoms with van der Waals surface area (Å²) >= 11 is 0. The molecule has 0 amide bonds. The molecule has 1 rings (SSSR count). The smallest absolute Gasteiger partial charge is 0.0162 e. The van der Waals surface area contributed by atoms with Gasteiger partial charge < -0.3 is 0 Å². The van der Waals surface area contributed by atoms with Gasteiger partial charge in [0.15, 0.2) is 0 Å². The van der Waals surface area contributed by atoms with Crippen LogP contribution in [-0.2, 0) is 0 Å². The van der Waals surface area contributed by atoms with E-state index in [9.17, 15) is 0 Å². The van der Waals surface area contributed by atoms with Gasteiger partial charge >= 0.3 is 0 Å². The lowest BCUT2D eigenvalue weighted by molar-refractivity contribution is 0.504. The van der Waals surface area contributed by atoms with Gasteiger partial charge in [0, 0.05) is 0 Å². The first-order valence-electron chi connectivity index (χ1n) is 8.04. The summed E-state index contributed by atoms with van der Waals surface area (Å²) in [6.45, 7) is 6.09. The van der Waals surface area contributed by atoms with Gasteiger partial charge in [0.2, 0.25) is 0 Å². The molecule has 1 unspecified atom stereocenters. The Labute approximate surface area is 119 Å². The topological polar surface area (TPSA) is 0 Å². The fourth-order valence-corrected chi connectivity index (χ4v) is 2.70. The first kappa shape index (κ1) is 16.0. The number of rotatable bonds is 11. The minimum Gasteiger partial charge on any atom is -0.103 e. The second-order valence-electron chi connectivity index (χ2n) is 5.53. The zero-order valence-electron chi connectivity index (χ0n) is 12.6. The third-order valence-corrected chi connectivity index (χ3v) is 3.89. The summed E-state index contributed by atoms with van der Waals surface area (Å²) in [6.07, 6.45) is 14.0. The van der Waals surface area contributed by atoms with Crippen molar-refractivity contribution in [1.82, 2.24) is 0 Å². The van der Waals surface area contributed by atoms with Crippen LogP contribution in [0.1, 0.15) is 76.2 Å². The molecule has 0 spiro atoms. The summed E-state index contributed by atoms with van der Waals surface area (Å²) in [5.41, 5.74) is 1.54. The van der Waals surface area contributed by atoms with Gasteiger partial charge in [0.05, 0.1) is 0 Å². The van der Waals surface area contributed by atoms with E-state index in [-0.39, 0.29) is 0 Å². The number of allylic oxidation sites excluding steroid dienone is 1. The van der Waals surface area contributed by atoms with E-state index in [2.05, 4.69) is 43.8 Å². The molecular formula is C19H30. The van der Waals surface area contributed by atoms with Gasteiger partial charge in [-0.05, 0) is 37.2 Å². The van der Waals surface area contributed by atoms with Gasteiger partial charge in [0.1, 0.15) is 0 Å². The molecule has 0 heterocycles. The number of benzene rings is 1. The van der Waals surface area contributed by atoms with Gasteiger partial charge in [-0.2, -0.15) is 0 Å².